The summed E-state index contributed by atoms with van der Waals surface area (Å²) in [5.41, 5.74) is 0. The molecule has 0 amide bonds. The van der Waals surface area contributed by atoms with Crippen molar-refractivity contribution in [3.63, 3.8) is 0 Å². The Kier molecular flexibility index (Phi) is 10.8. The largest absolute Gasteiger partial charge is 0.479 e. The minimum Gasteiger partial charge on any atom is -0.479 e. The van der Waals surface area contributed by atoms with Crippen molar-refractivity contribution < 1.29 is 29.3 Å². The van der Waals surface area contributed by atoms with Gasteiger partial charge < -0.3 is 19.7 Å². The number of hydrogen-bond donors (Lipinski definition) is 2. The molecule has 0 fully saturated rings. The summed E-state index contributed by atoms with van der Waals surface area (Å²) in [6.07, 6.45) is 1.50. The Balaban J connectivity index is 4.80. The highest BCUT2D eigenvalue weighted by molar-refractivity contribution is 5.83. The van der Waals surface area contributed by atoms with Crippen LogP contribution in [0.5, 0.6) is 0 Å². The van der Waals surface area contributed by atoms with Gasteiger partial charge in [0, 0.05) is 0 Å². The molecule has 0 aliphatic heterocycles. The van der Waals surface area contributed by atoms with Crippen LogP contribution in [0.2, 0.25) is 0 Å². The number of carboxylic acid groups (broad SMARTS) is 2. The lowest BCUT2D eigenvalue weighted by atomic mass is 10.1. The van der Waals surface area contributed by atoms with E-state index in [4.69, 9.17) is 9.47 Å². The molecule has 130 valence electrons. The second-order valence-corrected chi connectivity index (χ2v) is 5.70. The molecular formula is C16H30O6. The summed E-state index contributed by atoms with van der Waals surface area (Å²) in [6.45, 7) is 7.57. The van der Waals surface area contributed by atoms with E-state index >= 15 is 0 Å². The van der Waals surface area contributed by atoms with Gasteiger partial charge in [0.2, 0.25) is 0 Å². The van der Waals surface area contributed by atoms with E-state index in [0.29, 0.717) is 12.8 Å². The van der Waals surface area contributed by atoms with Crippen molar-refractivity contribution in [2.24, 2.45) is 0 Å². The van der Waals surface area contributed by atoms with Gasteiger partial charge in [0.05, 0.1) is 12.2 Å². The Morgan fingerprint density at radius 2 is 1.14 bits per heavy atom. The number of hydrogen-bond acceptors (Lipinski definition) is 4. The molecule has 4 atom stereocenters. The number of unbranched alkanes of at least 4 members (excludes halogenated alkanes) is 2. The van der Waals surface area contributed by atoms with Crippen molar-refractivity contribution in [1.29, 1.82) is 0 Å². The van der Waals surface area contributed by atoms with Gasteiger partial charge in [-0.2, -0.15) is 0 Å². The highest BCUT2D eigenvalue weighted by Crippen LogP contribution is 2.16. The first-order valence-electron chi connectivity index (χ1n) is 8.09. The first-order chi connectivity index (χ1) is 10.3. The highest BCUT2D eigenvalue weighted by atomic mass is 16.6. The van der Waals surface area contributed by atoms with Crippen molar-refractivity contribution in [3.05, 3.63) is 0 Å². The Bertz CT molecular complexity index is 299. The summed E-state index contributed by atoms with van der Waals surface area (Å²) in [4.78, 5) is 22.8. The van der Waals surface area contributed by atoms with Gasteiger partial charge in [-0.1, -0.05) is 39.5 Å². The van der Waals surface area contributed by atoms with Gasteiger partial charge in [0.15, 0.2) is 12.2 Å². The van der Waals surface area contributed by atoms with Crippen molar-refractivity contribution >= 4 is 11.9 Å². The summed E-state index contributed by atoms with van der Waals surface area (Å²) in [5, 5.41) is 18.6. The number of carbonyl (C=O) groups is 2. The van der Waals surface area contributed by atoms with Crippen LogP contribution >= 0.6 is 0 Å². The third-order valence-corrected chi connectivity index (χ3v) is 3.45. The first kappa shape index (κ1) is 20.9. The van der Waals surface area contributed by atoms with Gasteiger partial charge in [-0.05, 0) is 26.7 Å². The Labute approximate surface area is 132 Å². The van der Waals surface area contributed by atoms with E-state index < -0.39 is 24.1 Å². The average molecular weight is 318 g/mol. The lowest BCUT2D eigenvalue weighted by Crippen LogP contribution is -2.46. The van der Waals surface area contributed by atoms with Crippen LogP contribution in [0.1, 0.15) is 66.2 Å². The fraction of sp³-hybridized carbons (Fsp3) is 0.875. The third kappa shape index (κ3) is 8.34. The maximum atomic E-state index is 11.4. The molecule has 0 saturated heterocycles. The van der Waals surface area contributed by atoms with E-state index in [1.54, 1.807) is 13.8 Å². The zero-order valence-corrected chi connectivity index (χ0v) is 14.1. The summed E-state index contributed by atoms with van der Waals surface area (Å²) >= 11 is 0. The predicted molar refractivity (Wildman–Crippen MR) is 83.0 cm³/mol. The molecule has 0 aromatic rings. The molecule has 2 N–H and O–H groups in total. The number of ether oxygens (including phenoxy) is 2. The molecule has 0 bridgehead atoms. The first-order valence-corrected chi connectivity index (χ1v) is 8.09. The molecule has 4 unspecified atom stereocenters. The van der Waals surface area contributed by atoms with Crippen LogP contribution in [-0.4, -0.2) is 46.6 Å². The van der Waals surface area contributed by atoms with Crippen molar-refractivity contribution in [2.75, 3.05) is 0 Å². The summed E-state index contributed by atoms with van der Waals surface area (Å²) < 4.78 is 10.9. The zero-order valence-electron chi connectivity index (χ0n) is 14.1. The molecule has 0 saturated carbocycles. The molecule has 0 aromatic carbocycles. The van der Waals surface area contributed by atoms with E-state index in [0.717, 1.165) is 25.7 Å². The summed E-state index contributed by atoms with van der Waals surface area (Å²) in [7, 11) is 0. The Hall–Kier alpha value is -1.14. The third-order valence-electron chi connectivity index (χ3n) is 3.45. The highest BCUT2D eigenvalue weighted by Gasteiger charge is 2.37. The lowest BCUT2D eigenvalue weighted by Gasteiger charge is -2.26. The van der Waals surface area contributed by atoms with Crippen LogP contribution in [0.3, 0.4) is 0 Å². The minimum atomic E-state index is -1.49. The standard InChI is InChI=1S/C16H30O6/c1-5-7-9-11(3)21-13(15(17)18)14(16(19)20)22-12(4)10-8-6-2/h11-14H,5-10H2,1-4H3,(H,17,18)(H,19,20). The summed E-state index contributed by atoms with van der Waals surface area (Å²) in [5.74, 6) is -2.61. The average Bonchev–Trinajstić information content (AvgIpc) is 2.45. The van der Waals surface area contributed by atoms with E-state index in [9.17, 15) is 19.8 Å². The van der Waals surface area contributed by atoms with Crippen LogP contribution in [0.4, 0.5) is 0 Å². The molecule has 6 nitrogen and oxygen atoms in total. The minimum absolute atomic E-state index is 0.322. The van der Waals surface area contributed by atoms with Crippen LogP contribution < -0.4 is 0 Å². The van der Waals surface area contributed by atoms with Crippen molar-refractivity contribution in [1.82, 2.24) is 0 Å². The molecule has 0 aromatic heterocycles. The molecular weight excluding hydrogens is 288 g/mol. The van der Waals surface area contributed by atoms with E-state index in [2.05, 4.69) is 0 Å². The van der Waals surface area contributed by atoms with E-state index in [-0.39, 0.29) is 12.2 Å². The molecule has 0 radical (unpaired) electrons. The Morgan fingerprint density at radius 1 is 0.818 bits per heavy atom. The zero-order chi connectivity index (χ0) is 17.1. The molecule has 22 heavy (non-hydrogen) atoms. The number of aliphatic carboxylic acids is 2. The van der Waals surface area contributed by atoms with E-state index in [1.165, 1.54) is 0 Å². The predicted octanol–water partition coefficient (Wildman–Crippen LogP) is 3.08. The lowest BCUT2D eigenvalue weighted by molar-refractivity contribution is -0.186. The van der Waals surface area contributed by atoms with Crippen molar-refractivity contribution in [2.45, 2.75) is 90.6 Å². The monoisotopic (exact) mass is 318 g/mol. The van der Waals surface area contributed by atoms with Crippen molar-refractivity contribution in [3.8, 4) is 0 Å². The molecule has 0 aliphatic rings. The van der Waals surface area contributed by atoms with Crippen LogP contribution in [0, 0.1) is 0 Å². The second-order valence-electron chi connectivity index (χ2n) is 5.70. The summed E-state index contributed by atoms with van der Waals surface area (Å²) in [6, 6.07) is 0. The molecule has 0 heterocycles. The number of carboxylic acids is 2. The van der Waals surface area contributed by atoms with Gasteiger partial charge in [-0.25, -0.2) is 9.59 Å². The normalized spacial score (nSPS) is 16.7. The van der Waals surface area contributed by atoms with Gasteiger partial charge in [0.1, 0.15) is 0 Å². The molecule has 0 spiro atoms. The van der Waals surface area contributed by atoms with Gasteiger partial charge >= 0.3 is 11.9 Å². The molecule has 6 heteroatoms. The SMILES string of the molecule is CCCCC(C)OC(C(=O)O)C(OC(C)CCCC)C(=O)O. The Morgan fingerprint density at radius 3 is 1.36 bits per heavy atom. The maximum Gasteiger partial charge on any atom is 0.336 e. The fourth-order valence-corrected chi connectivity index (χ4v) is 2.14. The van der Waals surface area contributed by atoms with E-state index in [1.807, 2.05) is 13.8 Å². The number of rotatable bonds is 13. The van der Waals surface area contributed by atoms with Crippen LogP contribution in [0.15, 0.2) is 0 Å². The molecule has 0 aliphatic carbocycles. The van der Waals surface area contributed by atoms with Crippen LogP contribution in [-0.2, 0) is 19.1 Å². The van der Waals surface area contributed by atoms with Gasteiger partial charge in [-0.15, -0.1) is 0 Å². The molecule has 0 rings (SSSR count). The van der Waals surface area contributed by atoms with Gasteiger partial charge in [-0.3, -0.25) is 0 Å². The second kappa shape index (κ2) is 11.4. The van der Waals surface area contributed by atoms with Gasteiger partial charge in [0.25, 0.3) is 0 Å². The smallest absolute Gasteiger partial charge is 0.336 e. The maximum absolute atomic E-state index is 11.4. The fourth-order valence-electron chi connectivity index (χ4n) is 2.14. The quantitative estimate of drug-likeness (QED) is 0.542. The van der Waals surface area contributed by atoms with Crippen LogP contribution in [0.25, 0.3) is 0 Å². The topological polar surface area (TPSA) is 93.1 Å².